The number of nitrogens with zero attached hydrogens (tertiary/aromatic N) is 2. The zero-order valence-electron chi connectivity index (χ0n) is 17.4. The minimum Gasteiger partial charge on any atom is -0.493 e. The number of carbonyl (C=O) groups excluding carboxylic acids is 2. The van der Waals surface area contributed by atoms with E-state index in [1.165, 1.54) is 5.01 Å². The molecule has 0 atom stereocenters. The van der Waals surface area contributed by atoms with Gasteiger partial charge in [0.1, 0.15) is 11.3 Å². The highest BCUT2D eigenvalue weighted by molar-refractivity contribution is 14.1. The number of halogens is 1. The Morgan fingerprint density at radius 3 is 2.40 bits per heavy atom. The summed E-state index contributed by atoms with van der Waals surface area (Å²) in [5.74, 6) is -0.134. The minimum absolute atomic E-state index is 0.0884. The maximum absolute atomic E-state index is 12.9. The first kappa shape index (κ1) is 22.1. The Bertz CT molecular complexity index is 953. The average molecular weight is 519 g/mol. The Morgan fingerprint density at radius 1 is 1.07 bits per heavy atom. The predicted octanol–water partition coefficient (Wildman–Crippen LogP) is 4.39. The summed E-state index contributed by atoms with van der Waals surface area (Å²) in [7, 11) is 0. The number of rotatable bonds is 8. The summed E-state index contributed by atoms with van der Waals surface area (Å²) in [6.45, 7) is 8.58. The van der Waals surface area contributed by atoms with Crippen LogP contribution in [0.5, 0.6) is 5.75 Å². The summed E-state index contributed by atoms with van der Waals surface area (Å²) in [6.07, 6.45) is 2.48. The topological polar surface area (TPSA) is 61.9 Å². The van der Waals surface area contributed by atoms with Gasteiger partial charge in [-0.15, -0.1) is 0 Å². The highest BCUT2D eigenvalue weighted by atomic mass is 127. The van der Waals surface area contributed by atoms with Crippen molar-refractivity contribution < 1.29 is 14.3 Å². The van der Waals surface area contributed by atoms with Crippen molar-refractivity contribution in [1.82, 2.24) is 5.43 Å². The van der Waals surface area contributed by atoms with Crippen LogP contribution in [-0.2, 0) is 9.59 Å². The van der Waals surface area contributed by atoms with Gasteiger partial charge in [0.15, 0.2) is 0 Å². The van der Waals surface area contributed by atoms with E-state index in [1.54, 1.807) is 18.2 Å². The molecule has 0 unspecified atom stereocenters. The number of amides is 2. The van der Waals surface area contributed by atoms with Crippen LogP contribution in [0.1, 0.15) is 32.8 Å². The van der Waals surface area contributed by atoms with Gasteiger partial charge in [-0.1, -0.05) is 6.92 Å². The van der Waals surface area contributed by atoms with Crippen molar-refractivity contribution in [2.75, 3.05) is 29.6 Å². The van der Waals surface area contributed by atoms with E-state index in [9.17, 15) is 9.59 Å². The van der Waals surface area contributed by atoms with Crippen molar-refractivity contribution in [2.24, 2.45) is 0 Å². The molecular formula is C23H26IN3O3. The van der Waals surface area contributed by atoms with Gasteiger partial charge in [0.2, 0.25) is 0 Å². The molecule has 1 fully saturated rings. The number of hydrogen-bond acceptors (Lipinski definition) is 4. The third kappa shape index (κ3) is 4.77. The lowest BCUT2D eigenvalue weighted by Gasteiger charge is -2.22. The maximum atomic E-state index is 12.9. The third-order valence-corrected chi connectivity index (χ3v) is 5.58. The zero-order chi connectivity index (χ0) is 21.7. The van der Waals surface area contributed by atoms with E-state index in [1.807, 2.05) is 37.3 Å². The average Bonchev–Trinajstić information content (AvgIpc) is 3.03. The lowest BCUT2D eigenvalue weighted by molar-refractivity contribution is -0.117. The fraction of sp³-hybridized carbons (Fsp3) is 0.304. The Morgan fingerprint density at radius 2 is 1.77 bits per heavy atom. The molecular weight excluding hydrogens is 493 g/mol. The number of hydrazine groups is 1. The highest BCUT2D eigenvalue weighted by Crippen LogP contribution is 2.30. The highest BCUT2D eigenvalue weighted by Gasteiger charge is 2.34. The summed E-state index contributed by atoms with van der Waals surface area (Å²) in [4.78, 5) is 27.7. The first-order valence-electron chi connectivity index (χ1n) is 10.1. The number of benzene rings is 2. The van der Waals surface area contributed by atoms with Crippen molar-refractivity contribution in [3.8, 4) is 5.75 Å². The fourth-order valence-corrected chi connectivity index (χ4v) is 3.61. The quantitative estimate of drug-likeness (QED) is 0.320. The lowest BCUT2D eigenvalue weighted by Crippen LogP contribution is -2.35. The largest absolute Gasteiger partial charge is 0.493 e. The summed E-state index contributed by atoms with van der Waals surface area (Å²) in [5, 5.41) is 1.28. The van der Waals surface area contributed by atoms with Crippen LogP contribution in [0, 0.1) is 3.57 Å². The maximum Gasteiger partial charge on any atom is 0.282 e. The molecule has 6 nitrogen and oxygen atoms in total. The molecule has 1 N–H and O–H groups in total. The van der Waals surface area contributed by atoms with E-state index in [-0.39, 0.29) is 11.5 Å². The normalized spacial score (nSPS) is 14.9. The first-order chi connectivity index (χ1) is 14.5. The summed E-state index contributed by atoms with van der Waals surface area (Å²) in [5.41, 5.74) is 5.12. The molecule has 2 aromatic carbocycles. The molecule has 30 heavy (non-hydrogen) atoms. The molecule has 0 radical (unpaired) electrons. The number of anilines is 2. The Kier molecular flexibility index (Phi) is 7.36. The summed E-state index contributed by atoms with van der Waals surface area (Å²) in [6, 6.07) is 13.3. The number of carbonyl (C=O) groups is 2. The smallest absolute Gasteiger partial charge is 0.282 e. The van der Waals surface area contributed by atoms with Gasteiger partial charge >= 0.3 is 0 Å². The van der Waals surface area contributed by atoms with Crippen molar-refractivity contribution in [2.45, 2.75) is 27.2 Å². The van der Waals surface area contributed by atoms with Crippen LogP contribution >= 0.6 is 22.6 Å². The van der Waals surface area contributed by atoms with Gasteiger partial charge < -0.3 is 9.64 Å². The SMILES string of the molecule is CCCOc1cc(N(CC)CC)ccc1/C=C1/C(=O)NN(c2ccc(I)cc2)C1=O. The molecule has 0 aromatic heterocycles. The van der Waals surface area contributed by atoms with E-state index in [0.717, 1.165) is 28.8 Å². The second-order valence-electron chi connectivity index (χ2n) is 6.86. The number of hydrogen-bond donors (Lipinski definition) is 1. The molecule has 2 aromatic rings. The number of ether oxygens (including phenoxy) is 1. The first-order valence-corrected chi connectivity index (χ1v) is 11.2. The van der Waals surface area contributed by atoms with Gasteiger partial charge in [-0.25, -0.2) is 5.01 Å². The van der Waals surface area contributed by atoms with Crippen LogP contribution < -0.4 is 20.1 Å². The van der Waals surface area contributed by atoms with Crippen LogP contribution in [0.15, 0.2) is 48.0 Å². The van der Waals surface area contributed by atoms with E-state index in [0.29, 0.717) is 23.6 Å². The third-order valence-electron chi connectivity index (χ3n) is 4.86. The molecule has 2 amide bonds. The van der Waals surface area contributed by atoms with E-state index >= 15 is 0 Å². The molecule has 1 aliphatic rings. The standard InChI is InChI=1S/C23H26IN3O3/c1-4-13-30-21-15-19(26(5-2)6-3)10-7-16(21)14-20-22(28)25-27(23(20)29)18-11-8-17(24)9-12-18/h7-12,14-15H,4-6,13H2,1-3H3,(H,25,28)/b20-14-. The molecule has 3 rings (SSSR count). The molecule has 0 spiro atoms. The van der Waals surface area contributed by atoms with Gasteiger partial charge in [0.25, 0.3) is 11.8 Å². The molecule has 0 saturated carbocycles. The molecule has 158 valence electrons. The molecule has 0 bridgehead atoms. The van der Waals surface area contributed by atoms with Crippen LogP contribution in [0.25, 0.3) is 6.08 Å². The van der Waals surface area contributed by atoms with Crippen molar-refractivity contribution in [3.05, 3.63) is 57.2 Å². The molecule has 7 heteroatoms. The summed E-state index contributed by atoms with van der Waals surface area (Å²) < 4.78 is 6.99. The van der Waals surface area contributed by atoms with Crippen molar-refractivity contribution in [3.63, 3.8) is 0 Å². The van der Waals surface area contributed by atoms with Crippen molar-refractivity contribution in [1.29, 1.82) is 0 Å². The molecule has 1 heterocycles. The van der Waals surface area contributed by atoms with Gasteiger partial charge in [0.05, 0.1) is 12.3 Å². The van der Waals surface area contributed by atoms with Gasteiger partial charge in [-0.2, -0.15) is 0 Å². The van der Waals surface area contributed by atoms with Crippen LogP contribution in [-0.4, -0.2) is 31.5 Å². The predicted molar refractivity (Wildman–Crippen MR) is 129 cm³/mol. The van der Waals surface area contributed by atoms with Gasteiger partial charge in [-0.3, -0.25) is 15.0 Å². The van der Waals surface area contributed by atoms with E-state index in [2.05, 4.69) is 46.8 Å². The molecule has 1 aliphatic heterocycles. The van der Waals surface area contributed by atoms with Gasteiger partial charge in [-0.05, 0) is 85.3 Å². The zero-order valence-corrected chi connectivity index (χ0v) is 19.6. The van der Waals surface area contributed by atoms with E-state index in [4.69, 9.17) is 4.74 Å². The van der Waals surface area contributed by atoms with Gasteiger partial charge in [0, 0.05) is 34.0 Å². The van der Waals surface area contributed by atoms with Crippen LogP contribution in [0.4, 0.5) is 11.4 Å². The second-order valence-corrected chi connectivity index (χ2v) is 8.10. The Balaban J connectivity index is 1.95. The Labute approximate surface area is 191 Å². The fourth-order valence-electron chi connectivity index (χ4n) is 3.25. The van der Waals surface area contributed by atoms with Crippen LogP contribution in [0.2, 0.25) is 0 Å². The minimum atomic E-state index is -0.423. The second kappa shape index (κ2) is 9.97. The van der Waals surface area contributed by atoms with Crippen molar-refractivity contribution >= 4 is 51.9 Å². The number of nitrogens with one attached hydrogen (secondary N) is 1. The monoisotopic (exact) mass is 519 g/mol. The molecule has 1 saturated heterocycles. The van der Waals surface area contributed by atoms with E-state index < -0.39 is 5.91 Å². The molecule has 0 aliphatic carbocycles. The lowest BCUT2D eigenvalue weighted by atomic mass is 10.1. The Hall–Kier alpha value is -2.55. The van der Waals surface area contributed by atoms with Crippen LogP contribution in [0.3, 0.4) is 0 Å². The summed E-state index contributed by atoms with van der Waals surface area (Å²) >= 11 is 2.20.